The van der Waals surface area contributed by atoms with Crippen LogP contribution in [0.25, 0.3) is 34.1 Å². The molecule has 1 aromatic carbocycles. The van der Waals surface area contributed by atoms with E-state index in [1.165, 1.54) is 0 Å². The average Bonchev–Trinajstić information content (AvgIpc) is 3.15. The average molecular weight is 465 g/mol. The number of hydrogen-bond donors (Lipinski definition) is 2. The Morgan fingerprint density at radius 3 is 2.70 bits per heavy atom. The minimum absolute atomic E-state index is 0.277. The van der Waals surface area contributed by atoms with Crippen molar-refractivity contribution in [2.45, 2.75) is 32.7 Å². The summed E-state index contributed by atoms with van der Waals surface area (Å²) in [5.74, 6) is 1.27. The molecule has 3 aromatic heterocycles. The van der Waals surface area contributed by atoms with E-state index < -0.39 is 10.0 Å². The van der Waals surface area contributed by atoms with Gasteiger partial charge in [0.15, 0.2) is 5.82 Å². The van der Waals surface area contributed by atoms with Crippen molar-refractivity contribution in [3.63, 3.8) is 0 Å². The van der Waals surface area contributed by atoms with Gasteiger partial charge in [0.05, 0.1) is 17.3 Å². The highest BCUT2D eigenvalue weighted by molar-refractivity contribution is 7.88. The van der Waals surface area contributed by atoms with Crippen molar-refractivity contribution in [1.29, 1.82) is 0 Å². The second-order valence-electron chi connectivity index (χ2n) is 8.04. The number of nitrogens with one attached hydrogen (secondary N) is 1. The maximum absolute atomic E-state index is 11.6. The number of benzene rings is 1. The summed E-state index contributed by atoms with van der Waals surface area (Å²) < 4.78 is 27.8. The number of nitrogens with zero attached hydrogens (tertiary/aromatic N) is 4. The molecule has 0 amide bonds. The van der Waals surface area contributed by atoms with Crippen LogP contribution in [0.15, 0.2) is 42.7 Å². The van der Waals surface area contributed by atoms with E-state index in [4.69, 9.17) is 10.7 Å². The van der Waals surface area contributed by atoms with Gasteiger partial charge in [0.2, 0.25) is 10.0 Å². The summed E-state index contributed by atoms with van der Waals surface area (Å²) in [6, 6.07) is 9.94. The predicted molar refractivity (Wildman–Crippen MR) is 134 cm³/mol. The second kappa shape index (κ2) is 9.68. The number of unbranched alkanes of at least 4 members (excludes halogenated alkanes) is 1. The number of aromatic nitrogens is 4. The molecule has 3 N–H and O–H groups in total. The van der Waals surface area contributed by atoms with Crippen LogP contribution in [-0.4, -0.2) is 40.7 Å². The first-order chi connectivity index (χ1) is 15.9. The van der Waals surface area contributed by atoms with Crippen LogP contribution in [0, 0.1) is 0 Å². The van der Waals surface area contributed by atoms with Crippen LogP contribution in [0.2, 0.25) is 0 Å². The summed E-state index contributed by atoms with van der Waals surface area (Å²) >= 11 is 0. The first-order valence-corrected chi connectivity index (χ1v) is 12.9. The van der Waals surface area contributed by atoms with Gasteiger partial charge in [-0.3, -0.25) is 4.98 Å². The van der Waals surface area contributed by atoms with Crippen molar-refractivity contribution in [2.75, 3.05) is 18.5 Å². The number of imidazole rings is 1. The first-order valence-electron chi connectivity index (χ1n) is 11.0. The molecule has 0 aliphatic heterocycles. The van der Waals surface area contributed by atoms with Crippen LogP contribution >= 0.6 is 0 Å². The Hall–Kier alpha value is -3.30. The Morgan fingerprint density at radius 2 is 1.97 bits per heavy atom. The summed E-state index contributed by atoms with van der Waals surface area (Å²) in [5.41, 5.74) is 10.6. The summed E-state index contributed by atoms with van der Waals surface area (Å²) in [4.78, 5) is 13.5. The number of fused-ring (bicyclic) bond motifs is 3. The van der Waals surface area contributed by atoms with E-state index in [1.54, 1.807) is 12.4 Å². The molecule has 172 valence electrons. The van der Waals surface area contributed by atoms with Crippen molar-refractivity contribution in [3.05, 3.63) is 59.7 Å². The Morgan fingerprint density at radius 1 is 1.15 bits per heavy atom. The van der Waals surface area contributed by atoms with Gasteiger partial charge >= 0.3 is 0 Å². The first kappa shape index (κ1) is 22.9. The summed E-state index contributed by atoms with van der Waals surface area (Å²) in [6.07, 6.45) is 11.5. The van der Waals surface area contributed by atoms with Crippen molar-refractivity contribution in [1.82, 2.24) is 24.2 Å². The number of pyridine rings is 2. The third-order valence-corrected chi connectivity index (χ3v) is 6.14. The maximum atomic E-state index is 11.6. The SMILES string of the molecule is CCCCc1nc2c(N)nc3cc(/C=C/c4cccnc4)ccc3c2n1CCNS(C)(=O)=O. The van der Waals surface area contributed by atoms with E-state index in [0.717, 1.165) is 58.9 Å². The molecule has 0 saturated heterocycles. The standard InChI is InChI=1S/C24H28N6O2S/c1-3-4-7-21-29-22-23(30(21)14-13-27-33(2,31)32)19-11-10-17(15-20(19)28-24(22)25)8-9-18-6-5-12-26-16-18/h5-6,8-12,15-16,27H,3-4,7,13-14H2,1-2H3,(H2,25,28)/b9-8+. The molecule has 33 heavy (non-hydrogen) atoms. The molecular weight excluding hydrogens is 436 g/mol. The van der Waals surface area contributed by atoms with Gasteiger partial charge in [-0.2, -0.15) is 0 Å². The number of aryl methyl sites for hydroxylation is 1. The van der Waals surface area contributed by atoms with Crippen molar-refractivity contribution >= 4 is 49.9 Å². The molecule has 0 bridgehead atoms. The highest BCUT2D eigenvalue weighted by atomic mass is 32.2. The lowest BCUT2D eigenvalue weighted by molar-refractivity contribution is 0.575. The Kier molecular flexibility index (Phi) is 6.71. The Balaban J connectivity index is 1.78. The molecule has 0 fully saturated rings. The van der Waals surface area contributed by atoms with Crippen molar-refractivity contribution < 1.29 is 8.42 Å². The molecule has 0 spiro atoms. The molecule has 0 saturated carbocycles. The van der Waals surface area contributed by atoms with Gasteiger partial charge in [-0.1, -0.05) is 43.7 Å². The quantitative estimate of drug-likeness (QED) is 0.391. The van der Waals surface area contributed by atoms with Gasteiger partial charge in [0, 0.05) is 37.3 Å². The van der Waals surface area contributed by atoms with Crippen LogP contribution in [0.1, 0.15) is 36.7 Å². The third kappa shape index (κ3) is 5.37. The van der Waals surface area contributed by atoms with Crippen LogP contribution in [0.5, 0.6) is 0 Å². The Bertz CT molecular complexity index is 1410. The topological polar surface area (TPSA) is 116 Å². The van der Waals surface area contributed by atoms with Gasteiger partial charge < -0.3 is 10.3 Å². The van der Waals surface area contributed by atoms with Gasteiger partial charge in [-0.05, 0) is 29.7 Å². The van der Waals surface area contributed by atoms with E-state index in [-0.39, 0.29) is 6.54 Å². The smallest absolute Gasteiger partial charge is 0.208 e. The van der Waals surface area contributed by atoms with E-state index in [0.29, 0.717) is 17.9 Å². The lowest BCUT2D eigenvalue weighted by atomic mass is 10.1. The molecule has 8 nitrogen and oxygen atoms in total. The zero-order valence-corrected chi connectivity index (χ0v) is 19.6. The van der Waals surface area contributed by atoms with Gasteiger partial charge in [-0.15, -0.1) is 0 Å². The van der Waals surface area contributed by atoms with Crippen LogP contribution in [-0.2, 0) is 23.0 Å². The highest BCUT2D eigenvalue weighted by Crippen LogP contribution is 2.30. The van der Waals surface area contributed by atoms with E-state index in [9.17, 15) is 8.42 Å². The van der Waals surface area contributed by atoms with Gasteiger partial charge in [0.1, 0.15) is 11.3 Å². The van der Waals surface area contributed by atoms with E-state index >= 15 is 0 Å². The molecule has 3 heterocycles. The van der Waals surface area contributed by atoms with Crippen LogP contribution in [0.3, 0.4) is 0 Å². The van der Waals surface area contributed by atoms with Gasteiger partial charge in [0.25, 0.3) is 0 Å². The van der Waals surface area contributed by atoms with Crippen molar-refractivity contribution in [3.8, 4) is 0 Å². The number of rotatable bonds is 9. The largest absolute Gasteiger partial charge is 0.382 e. The minimum Gasteiger partial charge on any atom is -0.382 e. The molecule has 0 aliphatic rings. The van der Waals surface area contributed by atoms with E-state index in [2.05, 4.69) is 26.2 Å². The van der Waals surface area contributed by atoms with Crippen LogP contribution in [0.4, 0.5) is 5.82 Å². The number of nitrogen functional groups attached to an aromatic ring is 1. The number of nitrogens with two attached hydrogens (primary N) is 1. The summed E-state index contributed by atoms with van der Waals surface area (Å²) in [7, 11) is -3.28. The number of anilines is 1. The molecule has 4 aromatic rings. The lowest BCUT2D eigenvalue weighted by Crippen LogP contribution is -2.26. The molecule has 0 aliphatic carbocycles. The highest BCUT2D eigenvalue weighted by Gasteiger charge is 2.17. The Labute approximate surface area is 193 Å². The minimum atomic E-state index is -3.28. The molecule has 4 rings (SSSR count). The maximum Gasteiger partial charge on any atom is 0.208 e. The normalized spacial score (nSPS) is 12.3. The molecular formula is C24H28N6O2S. The van der Waals surface area contributed by atoms with Crippen LogP contribution < -0.4 is 10.5 Å². The third-order valence-electron chi connectivity index (χ3n) is 5.41. The summed E-state index contributed by atoms with van der Waals surface area (Å²) in [6.45, 7) is 2.87. The molecule has 0 atom stereocenters. The fourth-order valence-corrected chi connectivity index (χ4v) is 4.32. The summed E-state index contributed by atoms with van der Waals surface area (Å²) in [5, 5.41) is 0.937. The fraction of sp³-hybridized carbons (Fsp3) is 0.292. The second-order valence-corrected chi connectivity index (χ2v) is 9.87. The zero-order chi connectivity index (χ0) is 23.4. The van der Waals surface area contributed by atoms with Crippen molar-refractivity contribution in [2.24, 2.45) is 0 Å². The monoisotopic (exact) mass is 464 g/mol. The molecule has 0 radical (unpaired) electrons. The fourth-order valence-electron chi connectivity index (χ4n) is 3.86. The van der Waals surface area contributed by atoms with E-state index in [1.807, 2.05) is 42.5 Å². The number of sulfonamides is 1. The zero-order valence-electron chi connectivity index (χ0n) is 18.8. The van der Waals surface area contributed by atoms with Gasteiger partial charge in [-0.25, -0.2) is 23.1 Å². The molecule has 9 heteroatoms. The molecule has 0 unspecified atom stereocenters. The lowest BCUT2D eigenvalue weighted by Gasteiger charge is -2.11. The number of hydrogen-bond acceptors (Lipinski definition) is 6. The predicted octanol–water partition coefficient (Wildman–Crippen LogP) is 3.62.